The molecule has 0 saturated carbocycles. The summed E-state index contributed by atoms with van der Waals surface area (Å²) in [6.45, 7) is 2.74. The molecular formula is C22H24N4O4S. The van der Waals surface area contributed by atoms with Crippen molar-refractivity contribution >= 4 is 35.0 Å². The minimum Gasteiger partial charge on any atom is -0.442 e. The molecule has 0 bridgehead atoms. The summed E-state index contributed by atoms with van der Waals surface area (Å²) in [5.74, 6) is 0.644. The average Bonchev–Trinajstić information content (AvgIpc) is 3.18. The number of carbonyl (C=O) groups excluding carboxylic acids is 2. The molecule has 2 amide bonds. The summed E-state index contributed by atoms with van der Waals surface area (Å²) in [7, 11) is 0. The van der Waals surface area contributed by atoms with E-state index in [2.05, 4.69) is 21.4 Å². The van der Waals surface area contributed by atoms with Gasteiger partial charge in [0.15, 0.2) is 5.16 Å². The molecule has 9 heteroatoms. The molecule has 0 spiro atoms. The lowest BCUT2D eigenvalue weighted by Crippen LogP contribution is -2.33. The van der Waals surface area contributed by atoms with Gasteiger partial charge in [-0.15, -0.1) is 0 Å². The first-order valence-electron chi connectivity index (χ1n) is 10.1. The molecule has 4 rings (SSSR count). The normalized spacial score (nSPS) is 20.9. The lowest BCUT2D eigenvalue weighted by Gasteiger charge is -2.23. The highest BCUT2D eigenvalue weighted by Gasteiger charge is 2.32. The first-order chi connectivity index (χ1) is 15.1. The molecule has 1 aromatic heterocycles. The monoisotopic (exact) mass is 440 g/mol. The van der Waals surface area contributed by atoms with Crippen LogP contribution in [0.5, 0.6) is 0 Å². The minimum absolute atomic E-state index is 0.0941. The number of aromatic nitrogens is 2. The van der Waals surface area contributed by atoms with E-state index in [-0.39, 0.29) is 18.1 Å². The second-order valence-corrected chi connectivity index (χ2v) is 8.32. The fourth-order valence-corrected chi connectivity index (χ4v) is 4.31. The van der Waals surface area contributed by atoms with E-state index in [1.807, 2.05) is 24.3 Å². The number of rotatable bonds is 7. The third-order valence-electron chi connectivity index (χ3n) is 5.05. The number of cyclic esters (lactones) is 1. The molecule has 31 heavy (non-hydrogen) atoms. The van der Waals surface area contributed by atoms with Crippen LogP contribution in [-0.4, -0.2) is 59.6 Å². The van der Waals surface area contributed by atoms with E-state index in [4.69, 9.17) is 9.47 Å². The smallest absolute Gasteiger partial charge is 0.414 e. The van der Waals surface area contributed by atoms with Crippen LogP contribution in [-0.2, 0) is 14.3 Å². The molecule has 0 radical (unpaired) electrons. The maximum Gasteiger partial charge on any atom is 0.414 e. The molecule has 2 aromatic rings. The minimum atomic E-state index is -0.395. The van der Waals surface area contributed by atoms with Crippen LogP contribution < -0.4 is 10.2 Å². The molecule has 2 aliphatic heterocycles. The number of benzene rings is 1. The quantitative estimate of drug-likeness (QED) is 0.523. The van der Waals surface area contributed by atoms with Crippen LogP contribution >= 0.6 is 11.8 Å². The Kier molecular flexibility index (Phi) is 6.83. The Morgan fingerprint density at radius 2 is 2.00 bits per heavy atom. The number of nitrogens with one attached hydrogen (secondary N) is 1. The van der Waals surface area contributed by atoms with Gasteiger partial charge in [0, 0.05) is 30.8 Å². The van der Waals surface area contributed by atoms with E-state index in [0.29, 0.717) is 19.7 Å². The van der Waals surface area contributed by atoms with Crippen LogP contribution in [0.3, 0.4) is 0 Å². The van der Waals surface area contributed by atoms with E-state index in [0.717, 1.165) is 28.6 Å². The number of thioether (sulfide) groups is 1. The molecule has 3 heterocycles. The van der Waals surface area contributed by atoms with Crippen molar-refractivity contribution in [3.05, 3.63) is 54.4 Å². The highest BCUT2D eigenvalue weighted by Crippen LogP contribution is 2.30. The molecule has 2 aliphatic rings. The van der Waals surface area contributed by atoms with Crippen molar-refractivity contribution in [3.8, 4) is 0 Å². The molecule has 162 valence electrons. The molecule has 1 saturated heterocycles. The van der Waals surface area contributed by atoms with E-state index in [1.165, 1.54) is 12.5 Å². The first-order valence-corrected chi connectivity index (χ1v) is 11.1. The summed E-state index contributed by atoms with van der Waals surface area (Å²) >= 11 is 1.59. The van der Waals surface area contributed by atoms with Crippen molar-refractivity contribution < 1.29 is 19.1 Å². The number of carbonyl (C=O) groups is 2. The van der Waals surface area contributed by atoms with Gasteiger partial charge in [-0.3, -0.25) is 9.69 Å². The Bertz CT molecular complexity index is 952. The molecule has 1 N–H and O–H groups in total. The van der Waals surface area contributed by atoms with E-state index < -0.39 is 6.09 Å². The van der Waals surface area contributed by atoms with Crippen LogP contribution in [0.4, 0.5) is 10.5 Å². The van der Waals surface area contributed by atoms with Crippen LogP contribution in [0.15, 0.2) is 54.0 Å². The van der Waals surface area contributed by atoms with Crippen molar-refractivity contribution in [1.82, 2.24) is 15.3 Å². The van der Waals surface area contributed by atoms with Crippen LogP contribution in [0.2, 0.25) is 0 Å². The van der Waals surface area contributed by atoms with Crippen LogP contribution in [0.25, 0.3) is 5.57 Å². The lowest BCUT2D eigenvalue weighted by molar-refractivity contribution is -0.119. The van der Waals surface area contributed by atoms with Crippen molar-refractivity contribution in [2.75, 3.05) is 30.3 Å². The summed E-state index contributed by atoms with van der Waals surface area (Å²) in [6.07, 6.45) is 5.74. The number of amides is 2. The largest absolute Gasteiger partial charge is 0.442 e. The lowest BCUT2D eigenvalue weighted by atomic mass is 9.98. The Morgan fingerprint density at radius 3 is 2.74 bits per heavy atom. The summed E-state index contributed by atoms with van der Waals surface area (Å²) in [5, 5.41) is 3.44. The number of anilines is 1. The van der Waals surface area contributed by atoms with Crippen molar-refractivity contribution in [1.29, 1.82) is 0 Å². The van der Waals surface area contributed by atoms with Gasteiger partial charge in [-0.2, -0.15) is 0 Å². The molecule has 2 unspecified atom stereocenters. The number of ether oxygens (including phenoxy) is 2. The summed E-state index contributed by atoms with van der Waals surface area (Å²) in [4.78, 5) is 33.3. The molecular weight excluding hydrogens is 416 g/mol. The highest BCUT2D eigenvalue weighted by molar-refractivity contribution is 7.99. The number of hydrogen-bond acceptors (Lipinski definition) is 7. The second kappa shape index (κ2) is 9.93. The molecule has 1 fully saturated rings. The predicted molar refractivity (Wildman–Crippen MR) is 118 cm³/mol. The Balaban J connectivity index is 1.34. The Hall–Kier alpha value is -2.91. The van der Waals surface area contributed by atoms with Crippen LogP contribution in [0, 0.1) is 0 Å². The zero-order chi connectivity index (χ0) is 21.6. The van der Waals surface area contributed by atoms with Gasteiger partial charge in [0.25, 0.3) is 0 Å². The predicted octanol–water partition coefficient (Wildman–Crippen LogP) is 2.90. The van der Waals surface area contributed by atoms with E-state index in [1.54, 1.807) is 35.1 Å². The second-order valence-electron chi connectivity index (χ2n) is 7.33. The Labute approximate surface area is 185 Å². The van der Waals surface area contributed by atoms with Gasteiger partial charge in [0.2, 0.25) is 5.91 Å². The maximum absolute atomic E-state index is 12.2. The van der Waals surface area contributed by atoms with E-state index >= 15 is 0 Å². The van der Waals surface area contributed by atoms with Gasteiger partial charge in [-0.1, -0.05) is 30.0 Å². The maximum atomic E-state index is 12.2. The third kappa shape index (κ3) is 5.62. The van der Waals surface area contributed by atoms with Crippen LogP contribution in [0.1, 0.15) is 18.9 Å². The van der Waals surface area contributed by atoms with Crippen molar-refractivity contribution in [3.63, 3.8) is 0 Å². The van der Waals surface area contributed by atoms with E-state index in [9.17, 15) is 9.59 Å². The fourth-order valence-electron chi connectivity index (χ4n) is 3.49. The van der Waals surface area contributed by atoms with Gasteiger partial charge in [0.05, 0.1) is 25.8 Å². The summed E-state index contributed by atoms with van der Waals surface area (Å²) in [6, 6.07) is 9.69. The average molecular weight is 441 g/mol. The molecule has 8 nitrogen and oxygen atoms in total. The Morgan fingerprint density at radius 1 is 1.23 bits per heavy atom. The zero-order valence-corrected chi connectivity index (χ0v) is 18.0. The molecule has 2 atom stereocenters. The summed E-state index contributed by atoms with van der Waals surface area (Å²) in [5.41, 5.74) is 3.12. The fraction of sp³-hybridized carbons (Fsp3) is 0.364. The van der Waals surface area contributed by atoms with Crippen molar-refractivity contribution in [2.24, 2.45) is 0 Å². The number of hydrogen-bond donors (Lipinski definition) is 1. The molecule has 1 aromatic carbocycles. The topological polar surface area (TPSA) is 93.7 Å². The standard InChI is InChI=1S/C22H24N4O4S/c1-15(27)25-12-20-13-26(22(28)30-20)18-5-3-16(4-6-18)17-7-10-29-19(11-17)14-31-21-23-8-2-9-24-21/h2-9,19-20H,10-14H2,1H3,(H,25,27). The zero-order valence-electron chi connectivity index (χ0n) is 17.2. The first kappa shape index (κ1) is 21.3. The van der Waals surface area contributed by atoms with Crippen molar-refractivity contribution in [2.45, 2.75) is 30.7 Å². The van der Waals surface area contributed by atoms with Gasteiger partial charge < -0.3 is 14.8 Å². The SMILES string of the molecule is CC(=O)NCC1CN(c2ccc(C3=CCOC(CSc4ncccn4)C3)cc2)C(=O)O1. The van der Waals surface area contributed by atoms with Gasteiger partial charge in [-0.25, -0.2) is 14.8 Å². The number of nitrogens with zero attached hydrogens (tertiary/aromatic N) is 3. The summed E-state index contributed by atoms with van der Waals surface area (Å²) < 4.78 is 11.2. The van der Waals surface area contributed by atoms with Gasteiger partial charge >= 0.3 is 6.09 Å². The van der Waals surface area contributed by atoms with Gasteiger partial charge in [-0.05, 0) is 35.8 Å². The highest BCUT2D eigenvalue weighted by atomic mass is 32.2. The third-order valence-corrected chi connectivity index (χ3v) is 6.06. The molecule has 0 aliphatic carbocycles. The van der Waals surface area contributed by atoms with Gasteiger partial charge in [0.1, 0.15) is 6.10 Å².